The zero-order valence-electron chi connectivity index (χ0n) is 11.9. The van der Waals surface area contributed by atoms with Crippen molar-refractivity contribution in [2.75, 3.05) is 18.4 Å². The summed E-state index contributed by atoms with van der Waals surface area (Å²) >= 11 is 0. The molecule has 20 heavy (non-hydrogen) atoms. The number of benzene rings is 1. The lowest BCUT2D eigenvalue weighted by Crippen LogP contribution is -2.20. The van der Waals surface area contributed by atoms with E-state index in [0.717, 1.165) is 31.9 Å². The second-order valence-electron chi connectivity index (χ2n) is 5.24. The normalized spacial score (nSPS) is 13.8. The predicted octanol–water partition coefficient (Wildman–Crippen LogP) is 1.51. The van der Waals surface area contributed by atoms with Gasteiger partial charge in [0.2, 0.25) is 0 Å². The van der Waals surface area contributed by atoms with Gasteiger partial charge in [0.15, 0.2) is 5.82 Å². The molecule has 2 aromatic rings. The van der Waals surface area contributed by atoms with E-state index in [4.69, 9.17) is 0 Å². The van der Waals surface area contributed by atoms with Crippen LogP contribution in [0.5, 0.6) is 0 Å². The Hall–Kier alpha value is -1.88. The van der Waals surface area contributed by atoms with Gasteiger partial charge in [0.1, 0.15) is 6.33 Å². The van der Waals surface area contributed by atoms with Gasteiger partial charge in [-0.05, 0) is 24.0 Å². The van der Waals surface area contributed by atoms with Gasteiger partial charge < -0.3 is 10.6 Å². The van der Waals surface area contributed by atoms with Gasteiger partial charge in [0.05, 0.1) is 0 Å². The molecule has 0 aliphatic carbocycles. The van der Waals surface area contributed by atoms with E-state index >= 15 is 0 Å². The zero-order valence-corrected chi connectivity index (χ0v) is 11.9. The van der Waals surface area contributed by atoms with Crippen LogP contribution in [0.2, 0.25) is 0 Å². The number of hydrogen-bond donors (Lipinski definition) is 2. The van der Waals surface area contributed by atoms with Crippen molar-refractivity contribution in [2.24, 2.45) is 7.05 Å². The third-order valence-electron chi connectivity index (χ3n) is 3.65. The molecule has 1 aliphatic heterocycles. The summed E-state index contributed by atoms with van der Waals surface area (Å²) in [5, 5.41) is 11.3. The maximum atomic E-state index is 4.28. The highest BCUT2D eigenvalue weighted by Crippen LogP contribution is 2.25. The molecule has 2 N–H and O–H groups in total. The number of para-hydroxylation sites is 1. The molecule has 1 aromatic heterocycles. The molecule has 3 rings (SSSR count). The molecule has 0 amide bonds. The summed E-state index contributed by atoms with van der Waals surface area (Å²) in [7, 11) is 1.89. The third-order valence-corrected chi connectivity index (χ3v) is 3.65. The SMILES string of the molecule is Cn1cnc(CCNCc2cccc3c2NCCC3)n1. The number of fused-ring (bicyclic) bond motifs is 1. The molecular formula is C15H21N5. The Morgan fingerprint density at radius 2 is 2.35 bits per heavy atom. The van der Waals surface area contributed by atoms with Crippen LogP contribution in [-0.2, 0) is 26.4 Å². The molecule has 5 nitrogen and oxygen atoms in total. The lowest BCUT2D eigenvalue weighted by Gasteiger charge is -2.21. The highest BCUT2D eigenvalue weighted by atomic mass is 15.3. The van der Waals surface area contributed by atoms with Crippen molar-refractivity contribution in [1.82, 2.24) is 20.1 Å². The van der Waals surface area contributed by atoms with E-state index in [2.05, 4.69) is 38.9 Å². The molecule has 0 atom stereocenters. The van der Waals surface area contributed by atoms with E-state index in [1.807, 2.05) is 7.05 Å². The van der Waals surface area contributed by atoms with E-state index in [-0.39, 0.29) is 0 Å². The molecular weight excluding hydrogens is 250 g/mol. The van der Waals surface area contributed by atoms with Crippen molar-refractivity contribution in [3.05, 3.63) is 41.5 Å². The fraction of sp³-hybridized carbons (Fsp3) is 0.467. The van der Waals surface area contributed by atoms with Gasteiger partial charge >= 0.3 is 0 Å². The first-order valence-corrected chi connectivity index (χ1v) is 7.23. The van der Waals surface area contributed by atoms with Gasteiger partial charge in [-0.3, -0.25) is 4.68 Å². The number of nitrogens with one attached hydrogen (secondary N) is 2. The summed E-state index contributed by atoms with van der Waals surface area (Å²) in [6.45, 7) is 2.87. The minimum absolute atomic E-state index is 0.864. The fourth-order valence-corrected chi connectivity index (χ4v) is 2.65. The first kappa shape index (κ1) is 13.1. The molecule has 0 saturated carbocycles. The van der Waals surface area contributed by atoms with Gasteiger partial charge in [0, 0.05) is 38.8 Å². The van der Waals surface area contributed by atoms with Gasteiger partial charge in [-0.25, -0.2) is 4.98 Å². The number of aromatic nitrogens is 3. The van der Waals surface area contributed by atoms with Crippen LogP contribution in [-0.4, -0.2) is 27.9 Å². The second kappa shape index (κ2) is 6.05. The van der Waals surface area contributed by atoms with Gasteiger partial charge in [-0.2, -0.15) is 5.10 Å². The third kappa shape index (κ3) is 2.99. The van der Waals surface area contributed by atoms with E-state index in [0.29, 0.717) is 0 Å². The van der Waals surface area contributed by atoms with Crippen molar-refractivity contribution in [1.29, 1.82) is 0 Å². The Kier molecular flexibility index (Phi) is 3.97. The minimum atomic E-state index is 0.864. The quantitative estimate of drug-likeness (QED) is 0.809. The van der Waals surface area contributed by atoms with Crippen LogP contribution >= 0.6 is 0 Å². The Balaban J connectivity index is 1.53. The highest BCUT2D eigenvalue weighted by molar-refractivity contribution is 5.59. The Morgan fingerprint density at radius 1 is 1.40 bits per heavy atom. The standard InChI is InChI=1S/C15H21N5/c1-20-11-18-14(19-20)7-9-16-10-13-5-2-4-12-6-3-8-17-15(12)13/h2,4-5,11,16-17H,3,6-10H2,1H3. The highest BCUT2D eigenvalue weighted by Gasteiger charge is 2.11. The summed E-state index contributed by atoms with van der Waals surface area (Å²) in [5.41, 5.74) is 4.14. The Morgan fingerprint density at radius 3 is 3.20 bits per heavy atom. The van der Waals surface area contributed by atoms with Crippen molar-refractivity contribution in [2.45, 2.75) is 25.8 Å². The minimum Gasteiger partial charge on any atom is -0.385 e. The summed E-state index contributed by atoms with van der Waals surface area (Å²) in [4.78, 5) is 4.23. The first-order valence-electron chi connectivity index (χ1n) is 7.23. The zero-order chi connectivity index (χ0) is 13.8. The van der Waals surface area contributed by atoms with E-state index in [1.54, 1.807) is 11.0 Å². The van der Waals surface area contributed by atoms with Crippen molar-refractivity contribution >= 4 is 5.69 Å². The van der Waals surface area contributed by atoms with E-state index in [1.165, 1.54) is 29.7 Å². The first-order chi connectivity index (χ1) is 9.83. The van der Waals surface area contributed by atoms with Crippen LogP contribution in [0.4, 0.5) is 5.69 Å². The number of nitrogens with zero attached hydrogens (tertiary/aromatic N) is 3. The van der Waals surface area contributed by atoms with Gasteiger partial charge in [-0.15, -0.1) is 0 Å². The molecule has 1 aromatic carbocycles. The van der Waals surface area contributed by atoms with Gasteiger partial charge in [-0.1, -0.05) is 18.2 Å². The monoisotopic (exact) mass is 271 g/mol. The molecule has 5 heteroatoms. The number of anilines is 1. The van der Waals surface area contributed by atoms with Crippen LogP contribution in [0.15, 0.2) is 24.5 Å². The van der Waals surface area contributed by atoms with Crippen molar-refractivity contribution in [3.8, 4) is 0 Å². The lowest BCUT2D eigenvalue weighted by atomic mass is 9.99. The molecule has 2 heterocycles. The average molecular weight is 271 g/mol. The molecule has 0 radical (unpaired) electrons. The summed E-state index contributed by atoms with van der Waals surface area (Å²) in [6, 6.07) is 6.58. The fourth-order valence-electron chi connectivity index (χ4n) is 2.65. The van der Waals surface area contributed by atoms with Crippen LogP contribution in [0, 0.1) is 0 Å². The summed E-state index contributed by atoms with van der Waals surface area (Å²) < 4.78 is 1.74. The van der Waals surface area contributed by atoms with Gasteiger partial charge in [0.25, 0.3) is 0 Å². The van der Waals surface area contributed by atoms with Crippen LogP contribution < -0.4 is 10.6 Å². The smallest absolute Gasteiger partial charge is 0.151 e. The van der Waals surface area contributed by atoms with Crippen LogP contribution in [0.3, 0.4) is 0 Å². The molecule has 0 spiro atoms. The number of aryl methyl sites for hydroxylation is 2. The summed E-state index contributed by atoms with van der Waals surface area (Å²) in [6.07, 6.45) is 5.03. The second-order valence-corrected chi connectivity index (χ2v) is 5.24. The van der Waals surface area contributed by atoms with E-state index in [9.17, 15) is 0 Å². The maximum absolute atomic E-state index is 4.28. The number of hydrogen-bond acceptors (Lipinski definition) is 4. The Labute approximate surface area is 119 Å². The molecule has 0 fully saturated rings. The van der Waals surface area contributed by atoms with Crippen LogP contribution in [0.25, 0.3) is 0 Å². The number of rotatable bonds is 5. The molecule has 0 bridgehead atoms. The molecule has 106 valence electrons. The topological polar surface area (TPSA) is 54.8 Å². The Bertz CT molecular complexity index is 575. The summed E-state index contributed by atoms with van der Waals surface area (Å²) in [5.74, 6) is 0.896. The predicted molar refractivity (Wildman–Crippen MR) is 79.7 cm³/mol. The maximum Gasteiger partial charge on any atom is 0.151 e. The van der Waals surface area contributed by atoms with Crippen molar-refractivity contribution < 1.29 is 0 Å². The van der Waals surface area contributed by atoms with Crippen LogP contribution in [0.1, 0.15) is 23.4 Å². The lowest BCUT2D eigenvalue weighted by molar-refractivity contribution is 0.660. The molecule has 1 aliphatic rings. The largest absolute Gasteiger partial charge is 0.385 e. The van der Waals surface area contributed by atoms with Crippen molar-refractivity contribution in [3.63, 3.8) is 0 Å². The van der Waals surface area contributed by atoms with E-state index < -0.39 is 0 Å². The molecule has 0 saturated heterocycles. The molecule has 0 unspecified atom stereocenters. The average Bonchev–Trinajstić information content (AvgIpc) is 2.89.